The largest absolute Gasteiger partial charge is 0.493 e. The lowest BCUT2D eigenvalue weighted by atomic mass is 9.97. The predicted molar refractivity (Wildman–Crippen MR) is 77.9 cm³/mol. The average Bonchev–Trinajstić information content (AvgIpc) is 2.27. The minimum atomic E-state index is -0.368. The summed E-state index contributed by atoms with van der Waals surface area (Å²) >= 11 is 0. The fourth-order valence-corrected chi connectivity index (χ4v) is 1.80. The first-order valence-electron chi connectivity index (χ1n) is 6.06. The molecule has 0 fully saturated rings. The number of methoxy groups -OCH3 is 1. The van der Waals surface area contributed by atoms with Gasteiger partial charge in [0.15, 0.2) is 11.5 Å². The van der Waals surface area contributed by atoms with Crippen molar-refractivity contribution < 1.29 is 14.3 Å². The van der Waals surface area contributed by atoms with E-state index >= 15 is 0 Å². The van der Waals surface area contributed by atoms with Gasteiger partial charge in [-0.2, -0.15) is 0 Å². The van der Waals surface area contributed by atoms with Gasteiger partial charge in [-0.15, -0.1) is 12.4 Å². The van der Waals surface area contributed by atoms with E-state index in [2.05, 4.69) is 13.8 Å². The Balaban J connectivity index is 0.00000324. The van der Waals surface area contributed by atoms with Crippen molar-refractivity contribution in [3.05, 3.63) is 23.8 Å². The van der Waals surface area contributed by atoms with Crippen LogP contribution in [0.3, 0.4) is 0 Å². The van der Waals surface area contributed by atoms with Gasteiger partial charge in [0, 0.05) is 13.0 Å². The Morgan fingerprint density at radius 3 is 2.42 bits per heavy atom. The summed E-state index contributed by atoms with van der Waals surface area (Å²) in [4.78, 5) is 10.9. The number of nitrogens with two attached hydrogens (primary N) is 1. The lowest BCUT2D eigenvalue weighted by Gasteiger charge is -2.16. The van der Waals surface area contributed by atoms with E-state index in [0.29, 0.717) is 17.4 Å². The van der Waals surface area contributed by atoms with Crippen molar-refractivity contribution in [2.75, 3.05) is 7.11 Å². The maximum Gasteiger partial charge on any atom is 0.308 e. The average molecular weight is 288 g/mol. The van der Waals surface area contributed by atoms with Crippen LogP contribution in [0.4, 0.5) is 0 Å². The SMILES string of the molecule is COc1cc([C@@H](N)CC(C)C)ccc1OC(C)=O.Cl. The third kappa shape index (κ3) is 5.49. The molecule has 0 saturated heterocycles. The van der Waals surface area contributed by atoms with E-state index in [1.54, 1.807) is 13.2 Å². The van der Waals surface area contributed by atoms with Gasteiger partial charge in [-0.25, -0.2) is 0 Å². The molecule has 1 rings (SSSR count). The third-order valence-electron chi connectivity index (χ3n) is 2.59. The van der Waals surface area contributed by atoms with Crippen LogP contribution in [0.5, 0.6) is 11.5 Å². The van der Waals surface area contributed by atoms with Crippen LogP contribution in [0.25, 0.3) is 0 Å². The van der Waals surface area contributed by atoms with Gasteiger partial charge in [0.25, 0.3) is 0 Å². The Labute approximate surface area is 120 Å². The van der Waals surface area contributed by atoms with E-state index in [4.69, 9.17) is 15.2 Å². The first-order chi connectivity index (χ1) is 8.43. The van der Waals surface area contributed by atoms with Gasteiger partial charge >= 0.3 is 5.97 Å². The summed E-state index contributed by atoms with van der Waals surface area (Å²) < 4.78 is 10.3. The molecule has 4 nitrogen and oxygen atoms in total. The molecule has 2 N–H and O–H groups in total. The Kier molecular flexibility index (Phi) is 7.49. The first kappa shape index (κ1) is 17.7. The lowest BCUT2D eigenvalue weighted by molar-refractivity contribution is -0.132. The predicted octanol–water partition coefficient (Wildman–Crippen LogP) is 3.09. The number of carbonyl (C=O) groups is 1. The molecule has 0 bridgehead atoms. The Morgan fingerprint density at radius 2 is 1.95 bits per heavy atom. The third-order valence-corrected chi connectivity index (χ3v) is 2.59. The molecule has 19 heavy (non-hydrogen) atoms. The van der Waals surface area contributed by atoms with Crippen molar-refractivity contribution in [2.24, 2.45) is 11.7 Å². The highest BCUT2D eigenvalue weighted by Crippen LogP contribution is 2.31. The van der Waals surface area contributed by atoms with E-state index in [1.165, 1.54) is 6.92 Å². The van der Waals surface area contributed by atoms with Crippen LogP contribution in [-0.2, 0) is 4.79 Å². The molecule has 0 spiro atoms. The van der Waals surface area contributed by atoms with Crippen molar-refractivity contribution in [1.29, 1.82) is 0 Å². The molecule has 0 amide bonds. The number of hydrogen-bond donors (Lipinski definition) is 1. The van der Waals surface area contributed by atoms with Gasteiger partial charge < -0.3 is 15.2 Å². The first-order valence-corrected chi connectivity index (χ1v) is 6.06. The van der Waals surface area contributed by atoms with Gasteiger partial charge in [-0.1, -0.05) is 19.9 Å². The standard InChI is InChI=1S/C14H21NO3.ClH/c1-9(2)7-12(15)11-5-6-13(18-10(3)16)14(8-11)17-4;/h5-6,8-9,12H,7,15H2,1-4H3;1H/t12-;/m0./s1. The summed E-state index contributed by atoms with van der Waals surface area (Å²) in [5, 5.41) is 0. The molecule has 0 aliphatic carbocycles. The van der Waals surface area contributed by atoms with Crippen molar-refractivity contribution in [1.82, 2.24) is 0 Å². The van der Waals surface area contributed by atoms with E-state index in [1.807, 2.05) is 12.1 Å². The van der Waals surface area contributed by atoms with Crippen molar-refractivity contribution >= 4 is 18.4 Å². The number of esters is 1. The van der Waals surface area contributed by atoms with E-state index in [0.717, 1.165) is 12.0 Å². The number of carbonyl (C=O) groups excluding carboxylic acids is 1. The molecule has 0 aliphatic rings. The number of benzene rings is 1. The quantitative estimate of drug-likeness (QED) is 0.668. The zero-order chi connectivity index (χ0) is 13.7. The van der Waals surface area contributed by atoms with Gasteiger partial charge in [0.05, 0.1) is 7.11 Å². The van der Waals surface area contributed by atoms with Crippen molar-refractivity contribution in [3.8, 4) is 11.5 Å². The topological polar surface area (TPSA) is 61.6 Å². The zero-order valence-corrected chi connectivity index (χ0v) is 12.6. The molecule has 0 aromatic heterocycles. The second kappa shape index (κ2) is 8.02. The number of ether oxygens (including phenoxy) is 2. The second-order valence-electron chi connectivity index (χ2n) is 4.74. The summed E-state index contributed by atoms with van der Waals surface area (Å²) in [6.07, 6.45) is 0.899. The molecule has 0 unspecified atom stereocenters. The van der Waals surface area contributed by atoms with E-state index < -0.39 is 0 Å². The monoisotopic (exact) mass is 287 g/mol. The minimum absolute atomic E-state index is 0. The zero-order valence-electron chi connectivity index (χ0n) is 11.8. The lowest BCUT2D eigenvalue weighted by Crippen LogP contribution is -2.13. The maximum atomic E-state index is 10.9. The number of halogens is 1. The molecule has 0 aliphatic heterocycles. The van der Waals surface area contributed by atoms with Gasteiger partial charge in [-0.05, 0) is 30.0 Å². The fraction of sp³-hybridized carbons (Fsp3) is 0.500. The summed E-state index contributed by atoms with van der Waals surface area (Å²) in [5.74, 6) is 1.11. The molecule has 5 heteroatoms. The smallest absolute Gasteiger partial charge is 0.308 e. The van der Waals surface area contributed by atoms with Crippen LogP contribution in [0, 0.1) is 5.92 Å². The van der Waals surface area contributed by atoms with Crippen LogP contribution in [-0.4, -0.2) is 13.1 Å². The van der Waals surface area contributed by atoms with Crippen LogP contribution in [0.15, 0.2) is 18.2 Å². The second-order valence-corrected chi connectivity index (χ2v) is 4.74. The van der Waals surface area contributed by atoms with Crippen LogP contribution in [0.1, 0.15) is 38.8 Å². The minimum Gasteiger partial charge on any atom is -0.493 e. The molecule has 0 saturated carbocycles. The Bertz CT molecular complexity index is 421. The van der Waals surface area contributed by atoms with Crippen LogP contribution in [0.2, 0.25) is 0 Å². The van der Waals surface area contributed by atoms with Gasteiger partial charge in [-0.3, -0.25) is 4.79 Å². The molecule has 1 atom stereocenters. The van der Waals surface area contributed by atoms with E-state index in [9.17, 15) is 4.79 Å². The van der Waals surface area contributed by atoms with Crippen molar-refractivity contribution in [3.63, 3.8) is 0 Å². The molecule has 0 heterocycles. The van der Waals surface area contributed by atoms with Crippen molar-refractivity contribution in [2.45, 2.75) is 33.2 Å². The molecular weight excluding hydrogens is 266 g/mol. The molecule has 1 aromatic rings. The maximum absolute atomic E-state index is 10.9. The highest BCUT2D eigenvalue weighted by molar-refractivity contribution is 5.85. The highest BCUT2D eigenvalue weighted by Gasteiger charge is 2.13. The summed E-state index contributed by atoms with van der Waals surface area (Å²) in [6.45, 7) is 5.62. The normalized spacial score (nSPS) is 11.7. The number of hydrogen-bond acceptors (Lipinski definition) is 4. The van der Waals surface area contributed by atoms with E-state index in [-0.39, 0.29) is 24.4 Å². The van der Waals surface area contributed by atoms with Crippen LogP contribution >= 0.6 is 12.4 Å². The van der Waals surface area contributed by atoms with Gasteiger partial charge in [0.1, 0.15) is 0 Å². The fourth-order valence-electron chi connectivity index (χ4n) is 1.80. The molecule has 1 aromatic carbocycles. The van der Waals surface area contributed by atoms with Gasteiger partial charge in [0.2, 0.25) is 0 Å². The Morgan fingerprint density at radius 1 is 1.32 bits per heavy atom. The molecule has 0 radical (unpaired) electrons. The molecule has 108 valence electrons. The summed E-state index contributed by atoms with van der Waals surface area (Å²) in [7, 11) is 1.54. The summed E-state index contributed by atoms with van der Waals surface area (Å²) in [6, 6.07) is 5.37. The Hall–Kier alpha value is -1.26. The van der Waals surface area contributed by atoms with Crippen LogP contribution < -0.4 is 15.2 Å². The number of rotatable bonds is 5. The summed E-state index contributed by atoms with van der Waals surface area (Å²) in [5.41, 5.74) is 7.09. The molecular formula is C14H22ClNO3. The highest BCUT2D eigenvalue weighted by atomic mass is 35.5.